The third-order valence-electron chi connectivity index (χ3n) is 2.65. The van der Waals surface area contributed by atoms with Crippen molar-refractivity contribution in [3.63, 3.8) is 0 Å². The average Bonchev–Trinajstić information content (AvgIpc) is 3.03. The van der Waals surface area contributed by atoms with Crippen molar-refractivity contribution in [1.29, 1.82) is 0 Å². The molecule has 15 heavy (non-hydrogen) atoms. The van der Waals surface area contributed by atoms with Crippen LogP contribution in [0.15, 0.2) is 18.2 Å². The fourth-order valence-electron chi connectivity index (χ4n) is 1.62. The van der Waals surface area contributed by atoms with E-state index in [-0.39, 0.29) is 0 Å². The highest BCUT2D eigenvalue weighted by atomic mass is 35.5. The summed E-state index contributed by atoms with van der Waals surface area (Å²) in [6.45, 7) is 1.79. The molecule has 2 N–H and O–H groups in total. The Morgan fingerprint density at radius 1 is 1.33 bits per heavy atom. The van der Waals surface area contributed by atoms with Gasteiger partial charge in [0, 0.05) is 24.2 Å². The van der Waals surface area contributed by atoms with Crippen LogP contribution < -0.4 is 10.6 Å². The SMILES string of the molecule is CNCc1ccc(Cl)c(CNC2CC2)c1. The fraction of sp³-hybridized carbons (Fsp3) is 0.500. The first-order valence-corrected chi connectivity index (χ1v) is 5.82. The molecule has 0 bridgehead atoms. The van der Waals surface area contributed by atoms with Gasteiger partial charge in [0.15, 0.2) is 0 Å². The van der Waals surface area contributed by atoms with Crippen LogP contribution in [0.3, 0.4) is 0 Å². The molecule has 0 atom stereocenters. The van der Waals surface area contributed by atoms with Crippen LogP contribution in [0.2, 0.25) is 5.02 Å². The van der Waals surface area contributed by atoms with Crippen LogP contribution in [-0.2, 0) is 13.1 Å². The largest absolute Gasteiger partial charge is 0.316 e. The monoisotopic (exact) mass is 224 g/mol. The van der Waals surface area contributed by atoms with Gasteiger partial charge in [0.1, 0.15) is 0 Å². The number of halogens is 1. The van der Waals surface area contributed by atoms with Crippen molar-refractivity contribution in [1.82, 2.24) is 10.6 Å². The van der Waals surface area contributed by atoms with E-state index in [1.54, 1.807) is 0 Å². The molecule has 82 valence electrons. The molecule has 1 aromatic carbocycles. The first kappa shape index (κ1) is 10.9. The highest BCUT2D eigenvalue weighted by molar-refractivity contribution is 6.31. The number of hydrogen-bond donors (Lipinski definition) is 2. The highest BCUT2D eigenvalue weighted by Crippen LogP contribution is 2.22. The minimum atomic E-state index is 0.731. The summed E-state index contributed by atoms with van der Waals surface area (Å²) >= 11 is 6.14. The van der Waals surface area contributed by atoms with Gasteiger partial charge in [-0.15, -0.1) is 0 Å². The van der Waals surface area contributed by atoms with Gasteiger partial charge >= 0.3 is 0 Å². The normalized spacial score (nSPS) is 15.6. The standard InChI is InChI=1S/C12H17ClN2/c1-14-7-9-2-5-12(13)10(6-9)8-15-11-3-4-11/h2,5-6,11,14-15H,3-4,7-8H2,1H3. The van der Waals surface area contributed by atoms with E-state index < -0.39 is 0 Å². The lowest BCUT2D eigenvalue weighted by molar-refractivity contribution is 0.686. The molecule has 0 heterocycles. The third-order valence-corrected chi connectivity index (χ3v) is 3.02. The van der Waals surface area contributed by atoms with Crippen LogP contribution in [0.4, 0.5) is 0 Å². The van der Waals surface area contributed by atoms with Gasteiger partial charge in [-0.25, -0.2) is 0 Å². The summed E-state index contributed by atoms with van der Waals surface area (Å²) in [6, 6.07) is 6.96. The molecule has 0 unspecified atom stereocenters. The predicted molar refractivity (Wildman–Crippen MR) is 64.1 cm³/mol. The summed E-state index contributed by atoms with van der Waals surface area (Å²) < 4.78 is 0. The second-order valence-corrected chi connectivity index (χ2v) is 4.52. The first-order valence-electron chi connectivity index (χ1n) is 5.45. The Labute approximate surface area is 96.0 Å². The Balaban J connectivity index is 2.01. The summed E-state index contributed by atoms with van der Waals surface area (Å²) in [7, 11) is 1.96. The summed E-state index contributed by atoms with van der Waals surface area (Å²) in [5.41, 5.74) is 2.49. The van der Waals surface area contributed by atoms with Gasteiger partial charge in [-0.2, -0.15) is 0 Å². The molecule has 1 saturated carbocycles. The van der Waals surface area contributed by atoms with E-state index >= 15 is 0 Å². The summed E-state index contributed by atoms with van der Waals surface area (Å²) in [5.74, 6) is 0. The number of benzene rings is 1. The lowest BCUT2D eigenvalue weighted by Gasteiger charge is -2.08. The Hall–Kier alpha value is -0.570. The Morgan fingerprint density at radius 2 is 2.13 bits per heavy atom. The van der Waals surface area contributed by atoms with Crippen molar-refractivity contribution >= 4 is 11.6 Å². The minimum absolute atomic E-state index is 0.731. The van der Waals surface area contributed by atoms with Crippen LogP contribution in [0.1, 0.15) is 24.0 Å². The molecule has 1 fully saturated rings. The minimum Gasteiger partial charge on any atom is -0.316 e. The molecular weight excluding hydrogens is 208 g/mol. The second kappa shape index (κ2) is 4.97. The molecule has 0 aromatic heterocycles. The van der Waals surface area contributed by atoms with Gasteiger partial charge in [-0.3, -0.25) is 0 Å². The molecule has 2 rings (SSSR count). The molecular formula is C12H17ClN2. The topological polar surface area (TPSA) is 24.1 Å². The van der Waals surface area contributed by atoms with Crippen molar-refractivity contribution in [2.24, 2.45) is 0 Å². The van der Waals surface area contributed by atoms with E-state index in [0.717, 1.165) is 24.2 Å². The van der Waals surface area contributed by atoms with Gasteiger partial charge in [0.05, 0.1) is 0 Å². The summed E-state index contributed by atoms with van der Waals surface area (Å²) in [5, 5.41) is 7.49. The predicted octanol–water partition coefficient (Wildman–Crippen LogP) is 2.31. The van der Waals surface area contributed by atoms with Crippen molar-refractivity contribution in [3.05, 3.63) is 34.3 Å². The molecule has 1 aliphatic rings. The van der Waals surface area contributed by atoms with E-state index in [2.05, 4.69) is 22.8 Å². The lowest BCUT2D eigenvalue weighted by atomic mass is 10.1. The van der Waals surface area contributed by atoms with Gasteiger partial charge < -0.3 is 10.6 Å². The quantitative estimate of drug-likeness (QED) is 0.802. The third kappa shape index (κ3) is 3.20. The summed E-state index contributed by atoms with van der Waals surface area (Å²) in [4.78, 5) is 0. The molecule has 3 heteroatoms. The highest BCUT2D eigenvalue weighted by Gasteiger charge is 2.20. The molecule has 2 nitrogen and oxygen atoms in total. The first-order chi connectivity index (χ1) is 7.29. The van der Waals surface area contributed by atoms with E-state index in [1.165, 1.54) is 24.0 Å². The second-order valence-electron chi connectivity index (χ2n) is 4.11. The van der Waals surface area contributed by atoms with Gasteiger partial charge in [-0.1, -0.05) is 23.7 Å². The van der Waals surface area contributed by atoms with Crippen LogP contribution in [0, 0.1) is 0 Å². The average molecular weight is 225 g/mol. The van der Waals surface area contributed by atoms with Crippen molar-refractivity contribution in [3.8, 4) is 0 Å². The molecule has 0 saturated heterocycles. The Bertz CT molecular complexity index is 334. The number of rotatable bonds is 5. The van der Waals surface area contributed by atoms with Gasteiger partial charge in [0.25, 0.3) is 0 Å². The van der Waals surface area contributed by atoms with Gasteiger partial charge in [0.2, 0.25) is 0 Å². The molecule has 1 aromatic rings. The molecule has 0 radical (unpaired) electrons. The van der Waals surface area contributed by atoms with Gasteiger partial charge in [-0.05, 0) is 37.1 Å². The summed E-state index contributed by atoms with van der Waals surface area (Å²) in [6.07, 6.45) is 2.63. The zero-order chi connectivity index (χ0) is 10.7. The zero-order valence-corrected chi connectivity index (χ0v) is 9.77. The smallest absolute Gasteiger partial charge is 0.0451 e. The van der Waals surface area contributed by atoms with Crippen LogP contribution >= 0.6 is 11.6 Å². The van der Waals surface area contributed by atoms with Crippen molar-refractivity contribution < 1.29 is 0 Å². The fourth-order valence-corrected chi connectivity index (χ4v) is 1.80. The van der Waals surface area contributed by atoms with E-state index in [1.807, 2.05) is 13.1 Å². The van der Waals surface area contributed by atoms with Crippen LogP contribution in [0.5, 0.6) is 0 Å². The van der Waals surface area contributed by atoms with E-state index in [9.17, 15) is 0 Å². The maximum absolute atomic E-state index is 6.14. The van der Waals surface area contributed by atoms with Crippen molar-refractivity contribution in [2.45, 2.75) is 32.0 Å². The maximum atomic E-state index is 6.14. The Kier molecular flexibility index (Phi) is 3.62. The van der Waals surface area contributed by atoms with E-state index in [0.29, 0.717) is 0 Å². The number of hydrogen-bond acceptors (Lipinski definition) is 2. The van der Waals surface area contributed by atoms with Crippen LogP contribution in [0.25, 0.3) is 0 Å². The lowest BCUT2D eigenvalue weighted by Crippen LogP contribution is -2.16. The van der Waals surface area contributed by atoms with Crippen molar-refractivity contribution in [2.75, 3.05) is 7.05 Å². The number of nitrogens with one attached hydrogen (secondary N) is 2. The molecule has 0 amide bonds. The molecule has 0 aliphatic heterocycles. The molecule has 0 spiro atoms. The molecule has 1 aliphatic carbocycles. The van der Waals surface area contributed by atoms with Crippen LogP contribution in [-0.4, -0.2) is 13.1 Å². The zero-order valence-electron chi connectivity index (χ0n) is 9.02. The van der Waals surface area contributed by atoms with E-state index in [4.69, 9.17) is 11.6 Å². The Morgan fingerprint density at radius 3 is 2.80 bits per heavy atom. The maximum Gasteiger partial charge on any atom is 0.0451 e.